The van der Waals surface area contributed by atoms with Gasteiger partial charge in [0, 0.05) is 62.3 Å². The van der Waals surface area contributed by atoms with Gasteiger partial charge in [0.25, 0.3) is 0 Å². The minimum Gasteiger partial charge on any atom is -0.381 e. The molecule has 0 radical (unpaired) electrons. The smallest absolute Gasteiger partial charge is 0.158 e. The number of pyridine rings is 1. The maximum atomic E-state index is 14.5. The highest BCUT2D eigenvalue weighted by Crippen LogP contribution is 2.45. The molecule has 1 aliphatic carbocycles. The van der Waals surface area contributed by atoms with Gasteiger partial charge in [0.05, 0.1) is 11.7 Å². The van der Waals surface area contributed by atoms with Crippen molar-refractivity contribution in [1.82, 2.24) is 20.3 Å². The Morgan fingerprint density at radius 2 is 1.89 bits per heavy atom. The fraction of sp³-hybridized carbons (Fsp3) is 0.519. The molecule has 3 atom stereocenters. The highest BCUT2D eigenvalue weighted by molar-refractivity contribution is 5.94. The minimum atomic E-state index is -1.19. The lowest BCUT2D eigenvalue weighted by Gasteiger charge is -2.33. The van der Waals surface area contributed by atoms with Crippen LogP contribution in [0.25, 0.3) is 16.5 Å². The van der Waals surface area contributed by atoms with Gasteiger partial charge < -0.3 is 9.64 Å². The zero-order chi connectivity index (χ0) is 24.6. The number of aliphatic imine (C=N–C) groups is 2. The van der Waals surface area contributed by atoms with Crippen LogP contribution >= 0.6 is 0 Å². The van der Waals surface area contributed by atoms with E-state index in [2.05, 4.69) is 32.2 Å². The van der Waals surface area contributed by atoms with Crippen LogP contribution in [-0.2, 0) is 4.74 Å². The van der Waals surface area contributed by atoms with Crippen LogP contribution in [0.3, 0.4) is 0 Å². The monoisotopic (exact) mass is 489 g/mol. The standard InChI is InChI=1S/C27H32FN7O/c1-16-11-21(28)26(31-13-16)33-23-12-18(5-8-30-23)25-32-22-15-29-14-20(17-3-4-17)24(22)27(34-25)35(2)19-6-9-36-10-7-19/h8,11-15,17,19,21,23,26,33H,3-7,9-10H2,1-2H3. The van der Waals surface area contributed by atoms with Gasteiger partial charge >= 0.3 is 0 Å². The van der Waals surface area contributed by atoms with E-state index in [1.165, 1.54) is 18.4 Å². The van der Waals surface area contributed by atoms with Crippen LogP contribution < -0.4 is 10.2 Å². The first kappa shape index (κ1) is 23.4. The molecule has 3 aliphatic heterocycles. The summed E-state index contributed by atoms with van der Waals surface area (Å²) in [5, 5.41) is 4.32. The fourth-order valence-electron chi connectivity index (χ4n) is 5.24. The predicted octanol–water partition coefficient (Wildman–Crippen LogP) is 3.99. The van der Waals surface area contributed by atoms with Crippen molar-refractivity contribution in [3.63, 3.8) is 0 Å². The highest BCUT2D eigenvalue weighted by Gasteiger charge is 2.31. The van der Waals surface area contributed by atoms with Crippen molar-refractivity contribution in [2.45, 2.75) is 69.5 Å². The fourth-order valence-corrected chi connectivity index (χ4v) is 5.24. The van der Waals surface area contributed by atoms with Crippen LogP contribution in [0.1, 0.15) is 56.3 Å². The quantitative estimate of drug-likeness (QED) is 0.660. The molecule has 9 heteroatoms. The number of ether oxygens (including phenoxy) is 1. The van der Waals surface area contributed by atoms with E-state index in [1.54, 1.807) is 12.3 Å². The van der Waals surface area contributed by atoms with Gasteiger partial charge in [-0.15, -0.1) is 0 Å². The minimum absolute atomic E-state index is 0.364. The number of alkyl halides is 1. The molecule has 0 aromatic carbocycles. The molecule has 2 fully saturated rings. The molecule has 8 nitrogen and oxygen atoms in total. The number of allylic oxidation sites excluding steroid dienone is 2. The molecule has 1 N–H and O–H groups in total. The van der Waals surface area contributed by atoms with Crippen molar-refractivity contribution >= 4 is 34.7 Å². The predicted molar refractivity (Wildman–Crippen MR) is 140 cm³/mol. The van der Waals surface area contributed by atoms with E-state index in [0.29, 0.717) is 24.2 Å². The Bertz CT molecular complexity index is 1260. The Balaban J connectivity index is 1.36. The summed E-state index contributed by atoms with van der Waals surface area (Å²) in [5.74, 6) is 2.17. The number of hydrogen-bond acceptors (Lipinski definition) is 8. The van der Waals surface area contributed by atoms with Gasteiger partial charge in [-0.25, -0.2) is 14.4 Å². The molecule has 1 saturated heterocycles. The van der Waals surface area contributed by atoms with E-state index in [0.717, 1.165) is 53.9 Å². The maximum Gasteiger partial charge on any atom is 0.158 e. The first-order valence-corrected chi connectivity index (χ1v) is 12.9. The number of halogens is 1. The normalized spacial score (nSPS) is 26.7. The van der Waals surface area contributed by atoms with Crippen molar-refractivity contribution in [2.24, 2.45) is 9.98 Å². The van der Waals surface area contributed by atoms with Crippen molar-refractivity contribution in [2.75, 3.05) is 25.2 Å². The molecule has 0 bridgehead atoms. The zero-order valence-electron chi connectivity index (χ0n) is 20.8. The number of rotatable bonds is 6. The molecule has 6 rings (SSSR count). The second kappa shape index (κ2) is 9.78. The molecule has 3 unspecified atom stereocenters. The lowest BCUT2D eigenvalue weighted by molar-refractivity contribution is 0.0854. The maximum absolute atomic E-state index is 14.5. The lowest BCUT2D eigenvalue weighted by atomic mass is 10.0. The molecule has 0 amide bonds. The Morgan fingerprint density at radius 1 is 1.06 bits per heavy atom. The molecule has 188 valence electrons. The summed E-state index contributed by atoms with van der Waals surface area (Å²) in [5.41, 5.74) is 3.91. The van der Waals surface area contributed by atoms with Crippen LogP contribution in [0.4, 0.5) is 10.2 Å². The topological polar surface area (TPSA) is 87.9 Å². The van der Waals surface area contributed by atoms with Gasteiger partial charge in [-0.2, -0.15) is 0 Å². The number of hydrogen-bond donors (Lipinski definition) is 1. The van der Waals surface area contributed by atoms with Gasteiger partial charge in [0.15, 0.2) is 12.0 Å². The van der Waals surface area contributed by atoms with Crippen molar-refractivity contribution in [3.05, 3.63) is 41.5 Å². The van der Waals surface area contributed by atoms with E-state index >= 15 is 0 Å². The average molecular weight is 490 g/mol. The number of anilines is 1. The highest BCUT2D eigenvalue weighted by atomic mass is 19.1. The Kier molecular flexibility index (Phi) is 6.35. The van der Waals surface area contributed by atoms with E-state index in [1.807, 2.05) is 31.6 Å². The third-order valence-corrected chi connectivity index (χ3v) is 7.43. The Morgan fingerprint density at radius 3 is 2.67 bits per heavy atom. The van der Waals surface area contributed by atoms with Crippen LogP contribution in [0, 0.1) is 0 Å². The van der Waals surface area contributed by atoms with Crippen LogP contribution in [-0.4, -0.2) is 72.2 Å². The van der Waals surface area contributed by atoms with Crippen LogP contribution in [0.15, 0.2) is 40.1 Å². The van der Waals surface area contributed by atoms with Gasteiger partial charge in [-0.05, 0) is 61.8 Å². The SMILES string of the molecule is CC1=CC(F)C(NC2C=C(c3nc(N(C)C4CCOCC4)c4c(C5CC5)cncc4n3)CC=N2)N=C1. The molecule has 2 aromatic rings. The van der Waals surface area contributed by atoms with Crippen molar-refractivity contribution < 1.29 is 9.13 Å². The molecule has 2 aromatic heterocycles. The summed E-state index contributed by atoms with van der Waals surface area (Å²) >= 11 is 0. The number of nitrogens with one attached hydrogen (secondary N) is 1. The van der Waals surface area contributed by atoms with Crippen molar-refractivity contribution in [1.29, 1.82) is 0 Å². The van der Waals surface area contributed by atoms with Crippen LogP contribution in [0.5, 0.6) is 0 Å². The summed E-state index contributed by atoms with van der Waals surface area (Å²) in [6, 6.07) is 0.364. The van der Waals surface area contributed by atoms with E-state index < -0.39 is 18.5 Å². The molecular formula is C27H32FN7O. The lowest BCUT2D eigenvalue weighted by Crippen LogP contribution is -2.42. The van der Waals surface area contributed by atoms with Gasteiger partial charge in [-0.3, -0.25) is 20.3 Å². The number of fused-ring (bicyclic) bond motifs is 1. The Hall–Kier alpha value is -3.04. The first-order valence-electron chi connectivity index (χ1n) is 12.9. The summed E-state index contributed by atoms with van der Waals surface area (Å²) in [4.78, 5) is 25.8. The second-order valence-electron chi connectivity index (χ2n) is 10.1. The molecule has 4 aliphatic rings. The summed E-state index contributed by atoms with van der Waals surface area (Å²) < 4.78 is 20.1. The number of nitrogens with zero attached hydrogens (tertiary/aromatic N) is 6. The average Bonchev–Trinajstić information content (AvgIpc) is 3.75. The van der Waals surface area contributed by atoms with Crippen LogP contribution in [0.2, 0.25) is 0 Å². The summed E-state index contributed by atoms with van der Waals surface area (Å²) in [6.07, 6.45) is 13.6. The van der Waals surface area contributed by atoms with Crippen molar-refractivity contribution in [3.8, 4) is 0 Å². The third-order valence-electron chi connectivity index (χ3n) is 7.43. The third kappa shape index (κ3) is 4.69. The molecule has 0 spiro atoms. The van der Waals surface area contributed by atoms with E-state index in [9.17, 15) is 4.39 Å². The molecule has 1 saturated carbocycles. The number of aromatic nitrogens is 3. The molecule has 5 heterocycles. The molecule has 36 heavy (non-hydrogen) atoms. The Labute approximate surface area is 210 Å². The summed E-state index contributed by atoms with van der Waals surface area (Å²) in [7, 11) is 2.14. The number of dihydropyridines is 2. The van der Waals surface area contributed by atoms with E-state index in [4.69, 9.17) is 14.7 Å². The zero-order valence-corrected chi connectivity index (χ0v) is 20.8. The van der Waals surface area contributed by atoms with Gasteiger partial charge in [-0.1, -0.05) is 0 Å². The molecular weight excluding hydrogens is 457 g/mol. The second-order valence-corrected chi connectivity index (χ2v) is 10.1. The van der Waals surface area contributed by atoms with E-state index in [-0.39, 0.29) is 0 Å². The van der Waals surface area contributed by atoms with Gasteiger partial charge in [0.1, 0.15) is 18.1 Å². The van der Waals surface area contributed by atoms with Gasteiger partial charge in [0.2, 0.25) is 0 Å². The summed E-state index contributed by atoms with van der Waals surface area (Å²) in [6.45, 7) is 3.38. The largest absolute Gasteiger partial charge is 0.381 e. The first-order chi connectivity index (χ1) is 17.6.